The molecule has 0 saturated carbocycles. The summed E-state index contributed by atoms with van der Waals surface area (Å²) in [4.78, 5) is 23.8. The highest BCUT2D eigenvalue weighted by Gasteiger charge is 2.56. The highest BCUT2D eigenvalue weighted by molar-refractivity contribution is 7.84. The van der Waals surface area contributed by atoms with Gasteiger partial charge < -0.3 is 109 Å². The lowest BCUT2D eigenvalue weighted by Crippen LogP contribution is -2.71. The molecule has 4 saturated heterocycles. The zero-order valence-corrected chi connectivity index (χ0v) is 33.0. The first-order valence-electron chi connectivity index (χ1n) is 18.2. The van der Waals surface area contributed by atoms with E-state index < -0.39 is 168 Å². The van der Waals surface area contributed by atoms with E-state index in [4.69, 9.17) is 43.6 Å². The predicted molar refractivity (Wildman–Crippen MR) is 181 cm³/mol. The van der Waals surface area contributed by atoms with Crippen LogP contribution in [0, 0.1) is 0 Å². The number of carboxylic acid groups (broad SMARTS) is 2. The molecule has 32 heteroatoms. The average molecular weight is 936 g/mol. The summed E-state index contributed by atoms with van der Waals surface area (Å²) in [5, 5.41) is 119. The molecule has 0 spiro atoms. The number of hydrogen-bond donors (Lipinski definition) is 14. The van der Waals surface area contributed by atoms with Gasteiger partial charge in [0.2, 0.25) is 0 Å². The van der Waals surface area contributed by atoms with Crippen LogP contribution in [-0.4, -0.2) is 233 Å². The molecule has 15 N–H and O–H groups in total. The second kappa shape index (κ2) is 21.8. The Bertz CT molecular complexity index is 1670. The maximum absolute atomic E-state index is 12.4. The molecule has 4 aliphatic heterocycles. The Morgan fingerprint density at radius 3 is 1.46 bits per heavy atom. The van der Waals surface area contributed by atoms with Crippen molar-refractivity contribution in [2.24, 2.45) is 5.73 Å². The van der Waals surface area contributed by atoms with E-state index in [-0.39, 0.29) is 6.61 Å². The summed E-state index contributed by atoms with van der Waals surface area (Å²) < 4.78 is 113. The van der Waals surface area contributed by atoms with Crippen molar-refractivity contribution in [3.05, 3.63) is 0 Å². The Kier molecular flexibility index (Phi) is 18.4. The number of hydrogen-bond acceptors (Lipinski definition) is 26. The number of carbonyl (C=O) groups is 2. The van der Waals surface area contributed by atoms with Gasteiger partial charge in [-0.05, 0) is 25.8 Å². The fourth-order valence-electron chi connectivity index (χ4n) is 6.86. The largest absolute Gasteiger partial charge is 0.547 e. The topological polar surface area (TPSA) is 495 Å². The third-order valence-electron chi connectivity index (χ3n) is 9.86. The highest BCUT2D eigenvalue weighted by atomic mass is 32.2. The first kappa shape index (κ1) is 51.6. The zero-order chi connectivity index (χ0) is 45.7. The molecule has 4 rings (SSSR count). The Morgan fingerprint density at radius 1 is 0.557 bits per heavy atom. The summed E-state index contributed by atoms with van der Waals surface area (Å²) >= 11 is 0. The minimum atomic E-state index is -5.43. The van der Waals surface area contributed by atoms with Gasteiger partial charge in [-0.2, -0.15) is 26.3 Å². The number of aliphatic carboxylic acids is 2. The van der Waals surface area contributed by atoms with E-state index in [0.717, 1.165) is 0 Å². The van der Waals surface area contributed by atoms with Gasteiger partial charge in [0.25, 0.3) is 0 Å². The standard InChI is InChI=1S/C29H51N3O27S2/c30-4-2-1-3-5-52-26-10(31-60(46,47)48)12(35)19(8(6-33)53-26)56-29-18(41)16(39)21(23(59-29)25(44)45)57-27-11(32-61(49,50)51)13(36)20(9(7-34)54-27)55-28-17(40)14(37)15(38)22(58-28)24(42)43/h8-23,26-29,31-41H,1-7,30H2,(H,42,43)(H,44,45)(H,46,47,48)(H,49,50,51)/p-2/t8-,9-,10-,11-,12-,13-,14+,15+,16-,17-,18-,19-,20-,21+,22-,23-,26-,27-,28-,29-/m1/s1. The number of carboxylic acids is 2. The summed E-state index contributed by atoms with van der Waals surface area (Å²) in [6.45, 7) is -1.98. The fourth-order valence-corrected chi connectivity index (χ4v) is 8.05. The van der Waals surface area contributed by atoms with E-state index in [2.05, 4.69) is 0 Å². The molecule has 0 aromatic rings. The molecule has 356 valence electrons. The molecule has 4 aliphatic rings. The van der Waals surface area contributed by atoms with E-state index in [9.17, 15) is 91.7 Å². The van der Waals surface area contributed by atoms with E-state index in [0.29, 0.717) is 25.8 Å². The van der Waals surface area contributed by atoms with Crippen molar-refractivity contribution in [3.8, 4) is 0 Å². The second-order valence-electron chi connectivity index (χ2n) is 14.1. The van der Waals surface area contributed by atoms with Crippen LogP contribution in [0.2, 0.25) is 0 Å². The van der Waals surface area contributed by atoms with Crippen LogP contribution in [-0.2, 0) is 68.1 Å². The van der Waals surface area contributed by atoms with Crippen molar-refractivity contribution in [2.45, 2.75) is 142 Å². The minimum Gasteiger partial charge on any atom is -0.547 e. The molecule has 30 nitrogen and oxygen atoms in total. The number of aliphatic hydroxyl groups is 9. The second-order valence-corrected chi connectivity index (χ2v) is 16.5. The van der Waals surface area contributed by atoms with Gasteiger partial charge in [0.05, 0.1) is 25.2 Å². The number of aliphatic hydroxyl groups excluding tert-OH is 9. The van der Waals surface area contributed by atoms with Crippen LogP contribution in [0.4, 0.5) is 0 Å². The van der Waals surface area contributed by atoms with Gasteiger partial charge >= 0.3 is 20.6 Å². The van der Waals surface area contributed by atoms with Crippen molar-refractivity contribution in [1.82, 2.24) is 9.44 Å². The van der Waals surface area contributed by atoms with E-state index in [1.165, 1.54) is 4.72 Å². The number of ether oxygens (including phenoxy) is 8. The molecule has 4 fully saturated rings. The molecule has 0 aromatic carbocycles. The van der Waals surface area contributed by atoms with Crippen LogP contribution in [0.5, 0.6) is 0 Å². The minimum absolute atomic E-state index is 0.0938. The van der Waals surface area contributed by atoms with Crippen LogP contribution in [0.25, 0.3) is 0 Å². The monoisotopic (exact) mass is 935 g/mol. The Morgan fingerprint density at radius 2 is 1.00 bits per heavy atom. The van der Waals surface area contributed by atoms with Crippen LogP contribution in [0.1, 0.15) is 19.3 Å². The number of carbonyl (C=O) groups excluding carboxylic acids is 2. The molecule has 4 heterocycles. The lowest BCUT2D eigenvalue weighted by Gasteiger charge is -2.50. The summed E-state index contributed by atoms with van der Waals surface area (Å²) in [5.41, 5.74) is 5.45. The average Bonchev–Trinajstić information content (AvgIpc) is 3.17. The van der Waals surface area contributed by atoms with E-state index >= 15 is 0 Å². The van der Waals surface area contributed by atoms with Gasteiger partial charge in [0, 0.05) is 6.61 Å². The van der Waals surface area contributed by atoms with Crippen LogP contribution < -0.4 is 25.4 Å². The quantitative estimate of drug-likeness (QED) is 0.0398. The molecule has 0 unspecified atom stereocenters. The van der Waals surface area contributed by atoms with Crippen molar-refractivity contribution in [2.75, 3.05) is 26.4 Å². The highest BCUT2D eigenvalue weighted by Crippen LogP contribution is 2.35. The van der Waals surface area contributed by atoms with E-state index in [1.807, 2.05) is 0 Å². The molecule has 20 atom stereocenters. The molecule has 0 aliphatic carbocycles. The maximum atomic E-state index is 12.4. The number of nitrogens with one attached hydrogen (secondary N) is 2. The molecule has 0 bridgehead atoms. The number of rotatable bonds is 20. The fraction of sp³-hybridized carbons (Fsp3) is 0.931. The van der Waals surface area contributed by atoms with E-state index in [1.54, 1.807) is 4.72 Å². The Balaban J connectivity index is 1.57. The number of nitrogens with two attached hydrogens (primary N) is 1. The van der Waals surface area contributed by atoms with Crippen molar-refractivity contribution >= 4 is 32.5 Å². The van der Waals surface area contributed by atoms with Gasteiger partial charge in [0.15, 0.2) is 25.2 Å². The smallest absolute Gasteiger partial charge is 0.333 e. The third-order valence-corrected chi connectivity index (χ3v) is 11.0. The Labute approximate surface area is 345 Å². The maximum Gasteiger partial charge on any atom is 0.333 e. The van der Waals surface area contributed by atoms with Gasteiger partial charge in [0.1, 0.15) is 97.5 Å². The van der Waals surface area contributed by atoms with Gasteiger partial charge in [-0.3, -0.25) is 9.11 Å². The van der Waals surface area contributed by atoms with Gasteiger partial charge in [-0.1, -0.05) is 0 Å². The predicted octanol–water partition coefficient (Wildman–Crippen LogP) is -12.3. The van der Waals surface area contributed by atoms with Crippen molar-refractivity contribution in [1.29, 1.82) is 0 Å². The summed E-state index contributed by atoms with van der Waals surface area (Å²) in [5.74, 6) is -4.35. The van der Waals surface area contributed by atoms with Crippen LogP contribution in [0.3, 0.4) is 0 Å². The summed E-state index contributed by atoms with van der Waals surface area (Å²) in [7, 11) is -10.5. The molecule has 0 aromatic heterocycles. The molecule has 0 radical (unpaired) electrons. The van der Waals surface area contributed by atoms with Crippen LogP contribution in [0.15, 0.2) is 0 Å². The molecule has 61 heavy (non-hydrogen) atoms. The van der Waals surface area contributed by atoms with Gasteiger partial charge in [-0.25, -0.2) is 0 Å². The molecule has 0 amide bonds. The lowest BCUT2D eigenvalue weighted by atomic mass is 9.94. The Hall–Kier alpha value is -2.04. The summed E-state index contributed by atoms with van der Waals surface area (Å²) in [6.07, 6.45) is -38.7. The zero-order valence-electron chi connectivity index (χ0n) is 31.3. The van der Waals surface area contributed by atoms with Gasteiger partial charge in [-0.15, -0.1) is 0 Å². The van der Waals surface area contributed by atoms with Crippen molar-refractivity contribution in [3.63, 3.8) is 0 Å². The third kappa shape index (κ3) is 12.8. The summed E-state index contributed by atoms with van der Waals surface area (Å²) in [6, 6.07) is -4.27. The normalized spacial score (nSPS) is 42.6. The molecular formula is C29H49N3O27S2-2. The van der Waals surface area contributed by atoms with Crippen molar-refractivity contribution < 1.29 is 130 Å². The lowest BCUT2D eigenvalue weighted by molar-refractivity contribution is -0.387. The first-order valence-corrected chi connectivity index (χ1v) is 21.1. The first-order chi connectivity index (χ1) is 28.4. The SMILES string of the molecule is NCCCCCO[C@@H]1O[C@H](CO)[C@@H](O[C@@H]2O[C@@H](C(=O)[O-])[C@@H](O[C@H]3O[C@H](CO)[C@@H](O[C@@H]4O[C@@H](C(=O)[O-])[C@@H](O)[C@H](O)[C@H]4O)[C@H](O)[C@H]3NS(=O)(=O)O)[C@H](O)[C@H]2O)[C@H](O)[C@H]1NS(=O)(=O)O. The number of unbranched alkanes of at least 4 members (excludes halogenated alkanes) is 2. The molecular weight excluding hydrogens is 886 g/mol. The van der Waals surface area contributed by atoms with Crippen LogP contribution >= 0.6 is 0 Å².